The topological polar surface area (TPSA) is 35.5 Å². The van der Waals surface area contributed by atoms with Crippen molar-refractivity contribution in [2.45, 2.75) is 69.3 Å². The molecule has 0 aromatic heterocycles. The molecule has 2 aromatic rings. The van der Waals surface area contributed by atoms with Gasteiger partial charge in [0.25, 0.3) is 0 Å². The number of nitrogens with one attached hydrogen (secondary N) is 1. The van der Waals surface area contributed by atoms with Crippen molar-refractivity contribution in [3.63, 3.8) is 0 Å². The summed E-state index contributed by atoms with van der Waals surface area (Å²) in [5.41, 5.74) is 5.33. The Morgan fingerprint density at radius 3 is 2.73 bits per heavy atom. The second-order valence-electron chi connectivity index (χ2n) is 8.91. The highest BCUT2D eigenvalue weighted by Gasteiger charge is 2.49. The van der Waals surface area contributed by atoms with Crippen molar-refractivity contribution < 1.29 is 5.11 Å². The first-order valence-corrected chi connectivity index (χ1v) is 11.4. The molecular formula is C27H32N2O. The zero-order valence-corrected chi connectivity index (χ0v) is 17.7. The van der Waals surface area contributed by atoms with Crippen molar-refractivity contribution in [3.8, 4) is 0 Å². The number of piperidine rings is 1. The first-order valence-electron chi connectivity index (χ1n) is 11.4. The quantitative estimate of drug-likeness (QED) is 0.650. The average molecular weight is 401 g/mol. The predicted molar refractivity (Wildman–Crippen MR) is 124 cm³/mol. The molecule has 2 aromatic carbocycles. The van der Waals surface area contributed by atoms with Gasteiger partial charge in [0.15, 0.2) is 0 Å². The molecule has 1 saturated heterocycles. The maximum absolute atomic E-state index is 11.1. The Balaban J connectivity index is 1.47. The number of allylic oxidation sites excluding steroid dienone is 1. The van der Waals surface area contributed by atoms with Crippen molar-refractivity contribution in [1.82, 2.24) is 4.90 Å². The Hall–Kier alpha value is -2.36. The van der Waals surface area contributed by atoms with E-state index in [0.29, 0.717) is 30.5 Å². The van der Waals surface area contributed by atoms with Gasteiger partial charge in [0.05, 0.1) is 6.10 Å². The summed E-state index contributed by atoms with van der Waals surface area (Å²) >= 11 is 0. The second kappa shape index (κ2) is 8.41. The summed E-state index contributed by atoms with van der Waals surface area (Å²) in [5.74, 6) is 0.519. The number of para-hydroxylation sites is 1. The SMILES string of the molecule is CC/C=C/CC(O)C1=CC[C@H]2[C@@H]3Nc4ccccc4[C@@H]3C[C@@H]1N2Cc1ccccc1. The third kappa shape index (κ3) is 3.51. The van der Waals surface area contributed by atoms with Crippen molar-refractivity contribution >= 4 is 5.69 Å². The van der Waals surface area contributed by atoms with E-state index in [1.807, 2.05) is 0 Å². The van der Waals surface area contributed by atoms with Crippen LogP contribution in [-0.4, -0.2) is 34.2 Å². The molecule has 0 aliphatic carbocycles. The van der Waals surface area contributed by atoms with E-state index in [9.17, 15) is 5.11 Å². The third-order valence-corrected chi connectivity index (χ3v) is 7.17. The molecule has 0 amide bonds. The van der Waals surface area contributed by atoms with Gasteiger partial charge < -0.3 is 10.4 Å². The molecule has 2 N–H and O–H groups in total. The van der Waals surface area contributed by atoms with Crippen LogP contribution in [-0.2, 0) is 6.54 Å². The van der Waals surface area contributed by atoms with Gasteiger partial charge in [-0.05, 0) is 48.4 Å². The number of hydrogen-bond donors (Lipinski definition) is 2. The van der Waals surface area contributed by atoms with Gasteiger partial charge in [-0.2, -0.15) is 0 Å². The third-order valence-electron chi connectivity index (χ3n) is 7.17. The molecule has 1 unspecified atom stereocenters. The van der Waals surface area contributed by atoms with E-state index >= 15 is 0 Å². The second-order valence-corrected chi connectivity index (χ2v) is 8.91. The van der Waals surface area contributed by atoms with Crippen LogP contribution in [0.1, 0.15) is 49.7 Å². The van der Waals surface area contributed by atoms with Gasteiger partial charge in [-0.25, -0.2) is 0 Å². The highest BCUT2D eigenvalue weighted by molar-refractivity contribution is 5.60. The van der Waals surface area contributed by atoms with E-state index in [1.165, 1.54) is 22.4 Å². The van der Waals surface area contributed by atoms with E-state index < -0.39 is 6.10 Å². The van der Waals surface area contributed by atoms with Crippen LogP contribution in [0.2, 0.25) is 0 Å². The molecule has 0 radical (unpaired) electrons. The van der Waals surface area contributed by atoms with E-state index in [-0.39, 0.29) is 0 Å². The number of aliphatic hydroxyl groups excluding tert-OH is 1. The van der Waals surface area contributed by atoms with Gasteiger partial charge in [-0.3, -0.25) is 4.90 Å². The van der Waals surface area contributed by atoms with Crippen molar-refractivity contribution in [1.29, 1.82) is 0 Å². The fourth-order valence-corrected chi connectivity index (χ4v) is 5.79. The minimum atomic E-state index is -0.391. The molecule has 5 atom stereocenters. The number of fused-ring (bicyclic) bond motifs is 6. The van der Waals surface area contributed by atoms with E-state index in [4.69, 9.17) is 0 Å². The summed E-state index contributed by atoms with van der Waals surface area (Å²) in [6.45, 7) is 3.08. The lowest BCUT2D eigenvalue weighted by Crippen LogP contribution is -2.59. The standard InChI is InChI=1S/C27H32N2O/c1-2-3-5-14-26(30)21-15-16-24-27-22(20-12-8-9-13-23(20)28-27)17-25(21)29(24)18-19-10-6-4-7-11-19/h3-13,15,22,24-28,30H,2,14,16-18H2,1H3/b5-3+/t22-,24-,25-,26?,27+/m0/s1. The molecule has 2 bridgehead atoms. The van der Waals surface area contributed by atoms with Crippen LogP contribution in [0, 0.1) is 0 Å². The van der Waals surface area contributed by atoms with Gasteiger partial charge in [0, 0.05) is 36.3 Å². The van der Waals surface area contributed by atoms with Crippen molar-refractivity contribution in [2.24, 2.45) is 0 Å². The maximum atomic E-state index is 11.1. The molecule has 0 spiro atoms. The van der Waals surface area contributed by atoms with Crippen LogP contribution < -0.4 is 5.32 Å². The van der Waals surface area contributed by atoms with Gasteiger partial charge in [-0.1, -0.05) is 73.7 Å². The van der Waals surface area contributed by atoms with Gasteiger partial charge in [0.2, 0.25) is 0 Å². The summed E-state index contributed by atoms with van der Waals surface area (Å²) in [4.78, 5) is 2.66. The molecule has 1 fully saturated rings. The average Bonchev–Trinajstić information content (AvgIpc) is 3.13. The first-order chi connectivity index (χ1) is 14.8. The Kier molecular flexibility index (Phi) is 5.49. The smallest absolute Gasteiger partial charge is 0.0799 e. The lowest BCUT2D eigenvalue weighted by atomic mass is 9.72. The first kappa shape index (κ1) is 19.6. The Labute approximate surface area is 180 Å². The lowest BCUT2D eigenvalue weighted by molar-refractivity contribution is 0.0484. The van der Waals surface area contributed by atoms with Gasteiger partial charge >= 0.3 is 0 Å². The minimum Gasteiger partial charge on any atom is -0.388 e. The summed E-state index contributed by atoms with van der Waals surface area (Å²) in [7, 11) is 0. The molecule has 156 valence electrons. The molecule has 0 saturated carbocycles. The summed E-state index contributed by atoms with van der Waals surface area (Å²) < 4.78 is 0. The lowest BCUT2D eigenvalue weighted by Gasteiger charge is -2.52. The van der Waals surface area contributed by atoms with Crippen LogP contribution in [0.15, 0.2) is 78.4 Å². The fourth-order valence-electron chi connectivity index (χ4n) is 5.79. The van der Waals surface area contributed by atoms with E-state index in [1.54, 1.807) is 0 Å². The number of benzene rings is 2. The minimum absolute atomic E-state index is 0.295. The van der Waals surface area contributed by atoms with Crippen molar-refractivity contribution in [3.05, 3.63) is 89.5 Å². The van der Waals surface area contributed by atoms with Crippen LogP contribution in [0.3, 0.4) is 0 Å². The van der Waals surface area contributed by atoms with E-state index in [0.717, 1.165) is 25.8 Å². The zero-order chi connectivity index (χ0) is 20.5. The number of nitrogens with zero attached hydrogens (tertiary/aromatic N) is 1. The molecule has 3 aliphatic heterocycles. The summed E-state index contributed by atoms with van der Waals surface area (Å²) in [5, 5.41) is 14.9. The number of rotatable bonds is 6. The Morgan fingerprint density at radius 1 is 1.10 bits per heavy atom. The molecule has 3 heteroatoms. The molecular weight excluding hydrogens is 368 g/mol. The highest BCUT2D eigenvalue weighted by Crippen LogP contribution is 2.49. The number of aliphatic hydroxyl groups is 1. The van der Waals surface area contributed by atoms with Crippen LogP contribution in [0.25, 0.3) is 0 Å². The van der Waals surface area contributed by atoms with Crippen LogP contribution in [0.4, 0.5) is 5.69 Å². The van der Waals surface area contributed by atoms with Crippen LogP contribution >= 0.6 is 0 Å². The summed E-state index contributed by atoms with van der Waals surface area (Å²) in [6.07, 6.45) is 10.0. The fraction of sp³-hybridized carbons (Fsp3) is 0.407. The Bertz CT molecular complexity index is 935. The predicted octanol–water partition coefficient (Wildman–Crippen LogP) is 5.25. The highest BCUT2D eigenvalue weighted by atomic mass is 16.3. The van der Waals surface area contributed by atoms with Gasteiger partial charge in [0.1, 0.15) is 0 Å². The molecule has 30 heavy (non-hydrogen) atoms. The van der Waals surface area contributed by atoms with Gasteiger partial charge in [-0.15, -0.1) is 0 Å². The monoisotopic (exact) mass is 400 g/mol. The van der Waals surface area contributed by atoms with E-state index in [2.05, 4.69) is 90.0 Å². The van der Waals surface area contributed by atoms with Crippen molar-refractivity contribution in [2.75, 3.05) is 5.32 Å². The molecule has 3 aliphatic rings. The summed E-state index contributed by atoms with van der Waals surface area (Å²) in [6, 6.07) is 20.8. The molecule has 5 rings (SSSR count). The van der Waals surface area contributed by atoms with Crippen LogP contribution in [0.5, 0.6) is 0 Å². The Morgan fingerprint density at radius 2 is 1.90 bits per heavy atom. The molecule has 3 nitrogen and oxygen atoms in total. The number of hydrogen-bond acceptors (Lipinski definition) is 3. The zero-order valence-electron chi connectivity index (χ0n) is 17.7. The molecule has 3 heterocycles. The normalized spacial score (nSPS) is 28.5. The number of anilines is 1. The maximum Gasteiger partial charge on any atom is 0.0799 e. The largest absolute Gasteiger partial charge is 0.388 e.